The van der Waals surface area contributed by atoms with Crippen LogP contribution in [-0.4, -0.2) is 26.0 Å². The standard InChI is InChI=1S/C10H7ClF3N3O3/c1-4-5(7(9(18)19)16-20-4)2-17-3-6(11)8(15-17)10(12,13)14/h3H,2H2,1H3,(H,18,19). The number of aromatic nitrogens is 3. The van der Waals surface area contributed by atoms with Gasteiger partial charge in [-0.1, -0.05) is 16.8 Å². The number of hydrogen-bond acceptors (Lipinski definition) is 4. The van der Waals surface area contributed by atoms with Crippen LogP contribution in [0.2, 0.25) is 5.02 Å². The Bertz CT molecular complexity index is 662. The largest absolute Gasteiger partial charge is 0.476 e. The van der Waals surface area contributed by atoms with E-state index in [-0.39, 0.29) is 23.6 Å². The molecule has 1 N–H and O–H groups in total. The van der Waals surface area contributed by atoms with Crippen molar-refractivity contribution in [3.05, 3.63) is 33.9 Å². The second kappa shape index (κ2) is 4.82. The molecule has 0 bridgehead atoms. The van der Waals surface area contributed by atoms with Gasteiger partial charge in [-0.25, -0.2) is 4.79 Å². The average Bonchev–Trinajstić information content (AvgIpc) is 2.83. The van der Waals surface area contributed by atoms with Crippen molar-refractivity contribution in [3.63, 3.8) is 0 Å². The van der Waals surface area contributed by atoms with Crippen LogP contribution in [0.4, 0.5) is 13.2 Å². The number of carboxylic acid groups (broad SMARTS) is 1. The van der Waals surface area contributed by atoms with Gasteiger partial charge in [0.1, 0.15) is 5.76 Å². The summed E-state index contributed by atoms with van der Waals surface area (Å²) < 4.78 is 43.2. The number of rotatable bonds is 3. The normalized spacial score (nSPS) is 11.8. The fourth-order valence-electron chi connectivity index (χ4n) is 1.58. The van der Waals surface area contributed by atoms with E-state index in [4.69, 9.17) is 21.2 Å². The molecule has 10 heteroatoms. The van der Waals surface area contributed by atoms with Crippen molar-refractivity contribution in [2.24, 2.45) is 0 Å². The van der Waals surface area contributed by atoms with E-state index in [1.807, 2.05) is 0 Å². The van der Waals surface area contributed by atoms with Gasteiger partial charge in [-0.3, -0.25) is 4.68 Å². The van der Waals surface area contributed by atoms with E-state index in [1.54, 1.807) is 0 Å². The van der Waals surface area contributed by atoms with E-state index in [9.17, 15) is 18.0 Å². The van der Waals surface area contributed by atoms with Crippen molar-refractivity contribution in [2.75, 3.05) is 0 Å². The number of carboxylic acids is 1. The first-order valence-corrected chi connectivity index (χ1v) is 5.56. The van der Waals surface area contributed by atoms with Crippen molar-refractivity contribution in [3.8, 4) is 0 Å². The maximum atomic E-state index is 12.5. The molecule has 0 radical (unpaired) electrons. The molecule has 0 aliphatic carbocycles. The van der Waals surface area contributed by atoms with E-state index >= 15 is 0 Å². The number of carbonyl (C=O) groups is 1. The predicted molar refractivity (Wildman–Crippen MR) is 59.5 cm³/mol. The number of hydrogen-bond donors (Lipinski definition) is 1. The Morgan fingerprint density at radius 1 is 1.55 bits per heavy atom. The van der Waals surface area contributed by atoms with E-state index in [0.29, 0.717) is 0 Å². The molecule has 0 spiro atoms. The molecule has 6 nitrogen and oxygen atoms in total. The second-order valence-corrected chi connectivity index (χ2v) is 4.30. The SMILES string of the molecule is Cc1onc(C(=O)O)c1Cn1cc(Cl)c(C(F)(F)F)n1. The fourth-order valence-corrected chi connectivity index (χ4v) is 1.84. The van der Waals surface area contributed by atoms with Gasteiger partial charge in [0, 0.05) is 6.20 Å². The zero-order chi connectivity index (χ0) is 15.1. The lowest BCUT2D eigenvalue weighted by molar-refractivity contribution is -0.141. The van der Waals surface area contributed by atoms with Gasteiger partial charge < -0.3 is 9.63 Å². The lowest BCUT2D eigenvalue weighted by Gasteiger charge is -2.02. The molecular weight excluding hydrogens is 303 g/mol. The molecule has 0 aliphatic heterocycles. The molecule has 0 aliphatic rings. The Morgan fingerprint density at radius 2 is 2.20 bits per heavy atom. The Balaban J connectivity index is 2.37. The molecule has 0 atom stereocenters. The Morgan fingerprint density at radius 3 is 2.70 bits per heavy atom. The molecule has 20 heavy (non-hydrogen) atoms. The molecule has 0 aromatic carbocycles. The summed E-state index contributed by atoms with van der Waals surface area (Å²) in [5.41, 5.74) is -1.47. The van der Waals surface area contributed by atoms with Crippen LogP contribution in [0.1, 0.15) is 27.5 Å². The van der Waals surface area contributed by atoms with Crippen LogP contribution < -0.4 is 0 Å². The third-order valence-corrected chi connectivity index (χ3v) is 2.77. The van der Waals surface area contributed by atoms with Gasteiger partial charge in [-0.2, -0.15) is 18.3 Å². The first-order chi connectivity index (χ1) is 9.20. The summed E-state index contributed by atoms with van der Waals surface area (Å²) in [7, 11) is 0. The second-order valence-electron chi connectivity index (χ2n) is 3.89. The van der Waals surface area contributed by atoms with Crippen LogP contribution in [0.25, 0.3) is 0 Å². The quantitative estimate of drug-likeness (QED) is 0.942. The van der Waals surface area contributed by atoms with Crippen LogP contribution in [0.15, 0.2) is 10.7 Å². The molecule has 2 heterocycles. The highest BCUT2D eigenvalue weighted by Gasteiger charge is 2.37. The van der Waals surface area contributed by atoms with Crippen LogP contribution in [0.5, 0.6) is 0 Å². The summed E-state index contributed by atoms with van der Waals surface area (Å²) in [6.45, 7) is 1.21. The molecule has 2 aromatic heterocycles. The van der Waals surface area contributed by atoms with Crippen molar-refractivity contribution in [1.29, 1.82) is 0 Å². The highest BCUT2D eigenvalue weighted by molar-refractivity contribution is 6.31. The Kier molecular flexibility index (Phi) is 3.46. The van der Waals surface area contributed by atoms with Crippen molar-refractivity contribution < 1.29 is 27.6 Å². The lowest BCUT2D eigenvalue weighted by Crippen LogP contribution is -2.10. The summed E-state index contributed by atoms with van der Waals surface area (Å²) in [5.74, 6) is -1.16. The van der Waals surface area contributed by atoms with Crippen molar-refractivity contribution in [1.82, 2.24) is 14.9 Å². The zero-order valence-corrected chi connectivity index (χ0v) is 10.7. The molecule has 0 saturated carbocycles. The maximum absolute atomic E-state index is 12.5. The number of aryl methyl sites for hydroxylation is 1. The van der Waals surface area contributed by atoms with Crippen LogP contribution >= 0.6 is 11.6 Å². The zero-order valence-electron chi connectivity index (χ0n) is 9.90. The smallest absolute Gasteiger partial charge is 0.436 e. The van der Waals surface area contributed by atoms with E-state index in [0.717, 1.165) is 10.9 Å². The van der Waals surface area contributed by atoms with Gasteiger partial charge >= 0.3 is 12.1 Å². The molecular formula is C10H7ClF3N3O3. The lowest BCUT2D eigenvalue weighted by atomic mass is 10.2. The third kappa shape index (κ3) is 2.62. The summed E-state index contributed by atoms with van der Waals surface area (Å²) >= 11 is 5.45. The maximum Gasteiger partial charge on any atom is 0.436 e. The Labute approximate surface area is 114 Å². The van der Waals surface area contributed by atoms with Gasteiger partial charge in [0.05, 0.1) is 17.1 Å². The van der Waals surface area contributed by atoms with Gasteiger partial charge in [-0.05, 0) is 6.92 Å². The van der Waals surface area contributed by atoms with Crippen LogP contribution in [0.3, 0.4) is 0 Å². The highest BCUT2D eigenvalue weighted by atomic mass is 35.5. The fraction of sp³-hybridized carbons (Fsp3) is 0.300. The Hall–Kier alpha value is -2.03. The number of aromatic carboxylic acids is 1. The van der Waals surface area contributed by atoms with E-state index in [1.165, 1.54) is 6.92 Å². The van der Waals surface area contributed by atoms with E-state index in [2.05, 4.69) is 10.3 Å². The minimum Gasteiger partial charge on any atom is -0.476 e. The third-order valence-electron chi connectivity index (χ3n) is 2.49. The molecule has 0 saturated heterocycles. The summed E-state index contributed by atoms with van der Waals surface area (Å²) in [5, 5.41) is 14.9. The molecule has 2 rings (SSSR count). The topological polar surface area (TPSA) is 81.1 Å². The summed E-state index contributed by atoms with van der Waals surface area (Å²) in [6, 6.07) is 0. The number of alkyl halides is 3. The molecule has 0 amide bonds. The van der Waals surface area contributed by atoms with E-state index < -0.39 is 22.9 Å². The molecule has 108 valence electrons. The first-order valence-electron chi connectivity index (χ1n) is 5.18. The number of nitrogens with zero attached hydrogens (tertiary/aromatic N) is 3. The average molecular weight is 310 g/mol. The molecule has 0 unspecified atom stereocenters. The first kappa shape index (κ1) is 14.4. The van der Waals surface area contributed by atoms with Crippen molar-refractivity contribution in [2.45, 2.75) is 19.6 Å². The summed E-state index contributed by atoms with van der Waals surface area (Å²) in [6.07, 6.45) is -3.72. The molecule has 0 fully saturated rings. The minimum absolute atomic E-state index is 0.130. The van der Waals surface area contributed by atoms with Crippen LogP contribution in [0, 0.1) is 6.92 Å². The van der Waals surface area contributed by atoms with Gasteiger partial charge in [0.2, 0.25) is 0 Å². The predicted octanol–water partition coefficient (Wildman–Crippen LogP) is 2.60. The number of halogens is 4. The van der Waals surface area contributed by atoms with Gasteiger partial charge in [-0.15, -0.1) is 0 Å². The van der Waals surface area contributed by atoms with Crippen LogP contribution in [-0.2, 0) is 12.7 Å². The highest BCUT2D eigenvalue weighted by Crippen LogP contribution is 2.33. The molecule has 2 aromatic rings. The monoisotopic (exact) mass is 309 g/mol. The minimum atomic E-state index is -4.68. The summed E-state index contributed by atoms with van der Waals surface area (Å²) in [4.78, 5) is 10.9. The van der Waals surface area contributed by atoms with Gasteiger partial charge in [0.25, 0.3) is 0 Å². The van der Waals surface area contributed by atoms with Crippen molar-refractivity contribution >= 4 is 17.6 Å². The van der Waals surface area contributed by atoms with Gasteiger partial charge in [0.15, 0.2) is 11.4 Å².